The van der Waals surface area contributed by atoms with E-state index in [1.807, 2.05) is 0 Å². The molecule has 7 nitrogen and oxygen atoms in total. The Morgan fingerprint density at radius 3 is 2.50 bits per heavy atom. The fraction of sp³-hybridized carbons (Fsp3) is 0.714. The summed E-state index contributed by atoms with van der Waals surface area (Å²) < 4.78 is 4.37. The number of hydrogen-bond acceptors (Lipinski definition) is 5. The summed E-state index contributed by atoms with van der Waals surface area (Å²) in [7, 11) is 1.16. The van der Waals surface area contributed by atoms with E-state index in [4.69, 9.17) is 0 Å². The van der Waals surface area contributed by atoms with Crippen molar-refractivity contribution in [1.29, 1.82) is 0 Å². The van der Waals surface area contributed by atoms with E-state index in [9.17, 15) is 19.7 Å². The topological polar surface area (TPSA) is 98.5 Å². The highest BCUT2D eigenvalue weighted by atomic mass is 16.6. The number of esters is 1. The molecule has 1 unspecified atom stereocenters. The molecule has 0 radical (unpaired) electrons. The summed E-state index contributed by atoms with van der Waals surface area (Å²) in [5.41, 5.74) is 0. The lowest BCUT2D eigenvalue weighted by Gasteiger charge is -2.12. The number of hydrogen-bond donors (Lipinski definition) is 1. The van der Waals surface area contributed by atoms with Crippen molar-refractivity contribution in [2.24, 2.45) is 0 Å². The summed E-state index contributed by atoms with van der Waals surface area (Å²) in [5, 5.41) is 12.3. The Morgan fingerprint density at radius 1 is 1.57 bits per heavy atom. The smallest absolute Gasteiger partial charge is 0.328 e. The summed E-state index contributed by atoms with van der Waals surface area (Å²) in [4.78, 5) is 31.1. The molecule has 0 saturated heterocycles. The van der Waals surface area contributed by atoms with E-state index in [2.05, 4.69) is 10.1 Å². The van der Waals surface area contributed by atoms with E-state index in [0.717, 1.165) is 7.11 Å². The van der Waals surface area contributed by atoms with Gasteiger partial charge in [0, 0.05) is 18.3 Å². The lowest BCUT2D eigenvalue weighted by Crippen LogP contribution is -2.41. The molecule has 0 aromatic rings. The third-order valence-electron chi connectivity index (χ3n) is 1.46. The molecule has 7 heteroatoms. The van der Waals surface area contributed by atoms with Crippen molar-refractivity contribution in [2.45, 2.75) is 19.4 Å². The highest BCUT2D eigenvalue weighted by Crippen LogP contribution is 1.95. The van der Waals surface area contributed by atoms with Crippen molar-refractivity contribution < 1.29 is 19.2 Å². The molecule has 1 N–H and O–H groups in total. The van der Waals surface area contributed by atoms with Gasteiger partial charge in [-0.15, -0.1) is 0 Å². The van der Waals surface area contributed by atoms with E-state index in [0.29, 0.717) is 0 Å². The molecule has 1 atom stereocenters. The van der Waals surface area contributed by atoms with Crippen LogP contribution in [-0.2, 0) is 14.3 Å². The third-order valence-corrected chi connectivity index (χ3v) is 1.46. The first kappa shape index (κ1) is 12.3. The maximum absolute atomic E-state index is 11.0. The van der Waals surface area contributed by atoms with Gasteiger partial charge in [0.05, 0.1) is 7.11 Å². The molecular formula is C7H12N2O5. The lowest BCUT2D eigenvalue weighted by molar-refractivity contribution is -0.480. The molecule has 80 valence electrons. The van der Waals surface area contributed by atoms with Gasteiger partial charge in [0.2, 0.25) is 12.5 Å². The molecule has 0 aliphatic carbocycles. The predicted octanol–water partition coefficient (Wildman–Crippen LogP) is -0.669. The minimum atomic E-state index is -0.942. The van der Waals surface area contributed by atoms with Gasteiger partial charge < -0.3 is 10.1 Å². The molecule has 0 fully saturated rings. The number of nitrogens with zero attached hydrogens (tertiary/aromatic N) is 1. The molecule has 0 rings (SSSR count). The van der Waals surface area contributed by atoms with Crippen molar-refractivity contribution in [3.05, 3.63) is 10.1 Å². The Hall–Kier alpha value is -1.66. The second-order valence-corrected chi connectivity index (χ2v) is 2.62. The van der Waals surface area contributed by atoms with E-state index in [-0.39, 0.29) is 13.0 Å². The second kappa shape index (κ2) is 5.90. The molecule has 0 aliphatic rings. The number of nitrogens with one attached hydrogen (secondary N) is 1. The Bertz CT molecular complexity index is 240. The van der Waals surface area contributed by atoms with Gasteiger partial charge in [0.25, 0.3) is 0 Å². The van der Waals surface area contributed by atoms with Crippen molar-refractivity contribution in [1.82, 2.24) is 5.32 Å². The number of methoxy groups -OCH3 is 1. The minimum absolute atomic E-state index is 0.0702. The summed E-state index contributed by atoms with van der Waals surface area (Å²) in [6, 6.07) is -0.942. The SMILES string of the molecule is COC(=O)C(CC[N+](=O)[O-])NC(C)=O. The van der Waals surface area contributed by atoms with Crippen LogP contribution < -0.4 is 5.32 Å². The van der Waals surface area contributed by atoms with Crippen LogP contribution in [0.4, 0.5) is 0 Å². The molecule has 0 bridgehead atoms. The van der Waals surface area contributed by atoms with Gasteiger partial charge in [0.15, 0.2) is 0 Å². The van der Waals surface area contributed by atoms with Crippen LogP contribution in [0.15, 0.2) is 0 Å². The average molecular weight is 204 g/mol. The number of carbonyl (C=O) groups excluding carboxylic acids is 2. The van der Waals surface area contributed by atoms with Crippen LogP contribution in [0.5, 0.6) is 0 Å². The zero-order chi connectivity index (χ0) is 11.1. The minimum Gasteiger partial charge on any atom is -0.467 e. The molecule has 0 saturated carbocycles. The number of nitro groups is 1. The normalized spacial score (nSPS) is 11.6. The Morgan fingerprint density at radius 2 is 2.14 bits per heavy atom. The zero-order valence-electron chi connectivity index (χ0n) is 7.98. The van der Waals surface area contributed by atoms with Crippen LogP contribution in [0.25, 0.3) is 0 Å². The van der Waals surface area contributed by atoms with Gasteiger partial charge in [-0.3, -0.25) is 14.9 Å². The first-order valence-corrected chi connectivity index (χ1v) is 3.94. The Labute approximate surface area is 80.6 Å². The van der Waals surface area contributed by atoms with Crippen LogP contribution >= 0.6 is 0 Å². The van der Waals surface area contributed by atoms with Gasteiger partial charge in [-0.2, -0.15) is 0 Å². The number of ether oxygens (including phenoxy) is 1. The van der Waals surface area contributed by atoms with Crippen LogP contribution in [-0.4, -0.2) is 36.5 Å². The van der Waals surface area contributed by atoms with Crippen molar-refractivity contribution >= 4 is 11.9 Å². The molecule has 0 heterocycles. The summed E-state index contributed by atoms with van der Waals surface area (Å²) in [6.07, 6.45) is -0.0702. The summed E-state index contributed by atoms with van der Waals surface area (Å²) in [5.74, 6) is -1.11. The maximum Gasteiger partial charge on any atom is 0.328 e. The van der Waals surface area contributed by atoms with E-state index in [1.165, 1.54) is 6.92 Å². The van der Waals surface area contributed by atoms with Crippen LogP contribution in [0.2, 0.25) is 0 Å². The largest absolute Gasteiger partial charge is 0.467 e. The molecular weight excluding hydrogens is 192 g/mol. The second-order valence-electron chi connectivity index (χ2n) is 2.62. The first-order valence-electron chi connectivity index (χ1n) is 3.94. The van der Waals surface area contributed by atoms with Crippen LogP contribution in [0, 0.1) is 10.1 Å². The van der Waals surface area contributed by atoms with E-state index >= 15 is 0 Å². The summed E-state index contributed by atoms with van der Waals surface area (Å²) >= 11 is 0. The number of carbonyl (C=O) groups is 2. The highest BCUT2D eigenvalue weighted by molar-refractivity contribution is 5.83. The first-order chi connectivity index (χ1) is 6.47. The predicted molar refractivity (Wildman–Crippen MR) is 46.1 cm³/mol. The van der Waals surface area contributed by atoms with Gasteiger partial charge >= 0.3 is 5.97 Å². The van der Waals surface area contributed by atoms with Gasteiger partial charge in [-0.25, -0.2) is 4.79 Å². The fourth-order valence-corrected chi connectivity index (χ4v) is 0.871. The molecule has 0 aromatic heterocycles. The van der Waals surface area contributed by atoms with Gasteiger partial charge in [-0.05, 0) is 0 Å². The quantitative estimate of drug-likeness (QED) is 0.364. The Kier molecular flexibility index (Phi) is 5.20. The Balaban J connectivity index is 4.17. The highest BCUT2D eigenvalue weighted by Gasteiger charge is 2.21. The van der Waals surface area contributed by atoms with Crippen molar-refractivity contribution in [3.8, 4) is 0 Å². The maximum atomic E-state index is 11.0. The molecule has 0 spiro atoms. The zero-order valence-corrected chi connectivity index (χ0v) is 7.98. The van der Waals surface area contributed by atoms with Crippen molar-refractivity contribution in [3.63, 3.8) is 0 Å². The molecule has 0 aliphatic heterocycles. The van der Waals surface area contributed by atoms with Gasteiger partial charge in [0.1, 0.15) is 6.04 Å². The van der Waals surface area contributed by atoms with E-state index < -0.39 is 22.8 Å². The molecule has 0 aromatic carbocycles. The monoisotopic (exact) mass is 204 g/mol. The third kappa shape index (κ3) is 5.07. The number of rotatable bonds is 5. The summed E-state index contributed by atoms with van der Waals surface area (Å²) in [6.45, 7) is 0.835. The van der Waals surface area contributed by atoms with Crippen LogP contribution in [0.1, 0.15) is 13.3 Å². The standard InChI is InChI=1S/C7H12N2O5/c1-5(10)8-6(7(11)14-2)3-4-9(12)13/h6H,3-4H2,1-2H3,(H,8,10). The fourth-order valence-electron chi connectivity index (χ4n) is 0.871. The van der Waals surface area contributed by atoms with Crippen molar-refractivity contribution in [2.75, 3.05) is 13.7 Å². The van der Waals surface area contributed by atoms with E-state index in [1.54, 1.807) is 0 Å². The average Bonchev–Trinajstić information content (AvgIpc) is 2.10. The lowest BCUT2D eigenvalue weighted by atomic mass is 10.2. The van der Waals surface area contributed by atoms with Gasteiger partial charge in [-0.1, -0.05) is 0 Å². The van der Waals surface area contributed by atoms with Crippen LogP contribution in [0.3, 0.4) is 0 Å². The molecule has 1 amide bonds. The number of amides is 1. The molecule has 14 heavy (non-hydrogen) atoms.